The molecule has 1 fully saturated rings. The number of carbonyl (C=O) groups is 4. The molecule has 4 aromatic rings. The third-order valence-electron chi connectivity index (χ3n) is 8.54. The number of hydrogen-bond donors (Lipinski definition) is 3. The normalized spacial score (nSPS) is 13.0. The Balaban J connectivity index is 1.55. The Morgan fingerprint density at radius 2 is 1.73 bits per heavy atom. The van der Waals surface area contributed by atoms with E-state index < -0.39 is 48.0 Å². The molecule has 4 N–H and O–H groups in total. The first-order valence-corrected chi connectivity index (χ1v) is 17.0. The van der Waals surface area contributed by atoms with E-state index in [1.54, 1.807) is 56.9 Å². The molecule has 0 unspecified atom stereocenters. The summed E-state index contributed by atoms with van der Waals surface area (Å²) in [6.07, 6.45) is -3.74. The van der Waals surface area contributed by atoms with Gasteiger partial charge < -0.3 is 35.5 Å². The average molecular weight is 782 g/mol. The quantitative estimate of drug-likeness (QED) is 0.113. The summed E-state index contributed by atoms with van der Waals surface area (Å²) < 4.78 is 58.9. The van der Waals surface area contributed by atoms with Crippen molar-refractivity contribution < 1.29 is 41.5 Å². The lowest BCUT2D eigenvalue weighted by Gasteiger charge is -2.43. The lowest BCUT2D eigenvalue weighted by atomic mass is 9.96. The number of hydrogen-bond acceptors (Lipinski definition) is 7. The number of rotatable bonds is 7. The first kappa shape index (κ1) is 40.1. The molecule has 55 heavy (non-hydrogen) atoms. The molecule has 4 amide bonds. The van der Waals surface area contributed by atoms with Crippen LogP contribution in [0.5, 0.6) is 0 Å². The minimum atomic E-state index is -4.63. The van der Waals surface area contributed by atoms with Gasteiger partial charge in [-0.25, -0.2) is 14.2 Å². The number of anilines is 2. The minimum absolute atomic E-state index is 0.0629. The van der Waals surface area contributed by atoms with Gasteiger partial charge in [-0.2, -0.15) is 13.2 Å². The van der Waals surface area contributed by atoms with Crippen LogP contribution in [0.25, 0.3) is 33.3 Å². The zero-order valence-electron chi connectivity index (χ0n) is 30.3. The number of amides is 4. The molecular weight excluding hydrogens is 746 g/mol. The maximum atomic E-state index is 13.4. The molecule has 2 aromatic heterocycles. The van der Waals surface area contributed by atoms with Crippen LogP contribution in [0.4, 0.5) is 33.9 Å². The van der Waals surface area contributed by atoms with Crippen molar-refractivity contribution in [2.75, 3.05) is 37.7 Å². The highest BCUT2D eigenvalue weighted by atomic mass is 35.5. The van der Waals surface area contributed by atoms with E-state index in [9.17, 15) is 36.7 Å². The maximum Gasteiger partial charge on any atom is 0.410 e. The summed E-state index contributed by atoms with van der Waals surface area (Å²) in [5, 5.41) is 4.42. The number of nitrogens with one attached hydrogen (secondary N) is 2. The number of ether oxygens (including phenoxy) is 1. The fourth-order valence-electron chi connectivity index (χ4n) is 5.81. The van der Waals surface area contributed by atoms with E-state index in [0.717, 1.165) is 0 Å². The van der Waals surface area contributed by atoms with Gasteiger partial charge in [0.2, 0.25) is 0 Å². The number of likely N-dealkylation sites (tertiary alicyclic amines) is 1. The molecule has 5 rings (SSSR count). The monoisotopic (exact) mass is 781 g/mol. The van der Waals surface area contributed by atoms with Gasteiger partial charge in [-0.1, -0.05) is 42.3 Å². The molecule has 0 radical (unpaired) electrons. The van der Waals surface area contributed by atoms with E-state index in [1.165, 1.54) is 46.3 Å². The Hall–Kier alpha value is -6.08. The van der Waals surface area contributed by atoms with Crippen molar-refractivity contribution >= 4 is 57.8 Å². The van der Waals surface area contributed by atoms with Crippen LogP contribution in [0.2, 0.25) is 5.02 Å². The van der Waals surface area contributed by atoms with Gasteiger partial charge in [0.15, 0.2) is 5.83 Å². The fraction of sp³-hybridized carbons (Fsp3) is 0.289. The molecule has 0 spiro atoms. The molecule has 17 heteroatoms. The number of nitrogens with zero attached hydrogens (tertiary/aromatic N) is 4. The number of likely N-dealkylation sites (N-methyl/N-ethyl adjacent to an activating group) is 1. The van der Waals surface area contributed by atoms with Gasteiger partial charge in [-0.3, -0.25) is 14.4 Å². The molecule has 0 saturated carbocycles. The molecule has 2 aromatic carbocycles. The summed E-state index contributed by atoms with van der Waals surface area (Å²) in [6.45, 7) is 7.21. The summed E-state index contributed by atoms with van der Waals surface area (Å²) in [5.74, 6) is 1.89. The van der Waals surface area contributed by atoms with Gasteiger partial charge in [0.1, 0.15) is 18.0 Å². The second-order valence-electron chi connectivity index (χ2n) is 13.7. The second-order valence-corrected chi connectivity index (χ2v) is 14.1. The Kier molecular flexibility index (Phi) is 11.2. The predicted octanol–water partition coefficient (Wildman–Crippen LogP) is 6.29. The third kappa shape index (κ3) is 9.01. The zero-order chi connectivity index (χ0) is 40.6. The number of carbonyl (C=O) groups excluding carboxylic acids is 4. The topological polar surface area (TPSA) is 152 Å². The maximum absolute atomic E-state index is 13.4. The van der Waals surface area contributed by atoms with Gasteiger partial charge >= 0.3 is 12.3 Å². The van der Waals surface area contributed by atoms with Crippen molar-refractivity contribution in [3.8, 4) is 34.2 Å². The highest BCUT2D eigenvalue weighted by Gasteiger charge is 2.36. The van der Waals surface area contributed by atoms with Crippen LogP contribution in [0.1, 0.15) is 36.7 Å². The van der Waals surface area contributed by atoms with Gasteiger partial charge in [0, 0.05) is 50.6 Å². The lowest BCUT2D eigenvalue weighted by Crippen LogP contribution is -2.61. The first-order valence-electron chi connectivity index (χ1n) is 16.6. The Labute approximate surface area is 318 Å². The predicted molar refractivity (Wildman–Crippen MR) is 200 cm³/mol. The number of pyridine rings is 1. The zero-order valence-corrected chi connectivity index (χ0v) is 31.1. The van der Waals surface area contributed by atoms with Crippen molar-refractivity contribution in [3.63, 3.8) is 0 Å². The Bertz CT molecular complexity index is 2280. The lowest BCUT2D eigenvalue weighted by molar-refractivity contribution is -0.131. The SMILES string of the molecule is C=C(F)C(=O)Nc1ccc(-c2c(-c3ccc(C(=O)NCC(F)(F)F)c(Cl)c3)c3c(N)ncc(C#CC(=O)N4CC(N(C)C(=O)OC(C)(C)C)C4)c3n2C)cc1. The number of fused-ring (bicyclic) bond motifs is 1. The molecule has 0 aliphatic carbocycles. The smallest absolute Gasteiger partial charge is 0.410 e. The molecule has 1 aliphatic heterocycles. The van der Waals surface area contributed by atoms with Crippen LogP contribution in [-0.4, -0.2) is 87.7 Å². The van der Waals surface area contributed by atoms with E-state index in [-0.39, 0.29) is 41.2 Å². The van der Waals surface area contributed by atoms with Gasteiger partial charge in [0.25, 0.3) is 17.7 Å². The largest absolute Gasteiger partial charge is 0.444 e. The number of aryl methyl sites for hydroxylation is 1. The Morgan fingerprint density at radius 3 is 2.31 bits per heavy atom. The summed E-state index contributed by atoms with van der Waals surface area (Å²) in [7, 11) is 3.31. The summed E-state index contributed by atoms with van der Waals surface area (Å²) >= 11 is 6.49. The van der Waals surface area contributed by atoms with E-state index in [1.807, 2.05) is 0 Å². The molecule has 0 atom stereocenters. The van der Waals surface area contributed by atoms with Crippen LogP contribution < -0.4 is 16.4 Å². The van der Waals surface area contributed by atoms with Crippen LogP contribution in [0.15, 0.2) is 61.1 Å². The summed E-state index contributed by atoms with van der Waals surface area (Å²) in [4.78, 5) is 57.3. The molecule has 12 nitrogen and oxygen atoms in total. The Morgan fingerprint density at radius 1 is 1.09 bits per heavy atom. The highest BCUT2D eigenvalue weighted by molar-refractivity contribution is 6.34. The fourth-order valence-corrected chi connectivity index (χ4v) is 6.08. The van der Waals surface area contributed by atoms with Crippen molar-refractivity contribution in [2.45, 2.75) is 38.6 Å². The number of benzene rings is 2. The molecule has 288 valence electrons. The first-order chi connectivity index (χ1) is 25.6. The summed E-state index contributed by atoms with van der Waals surface area (Å²) in [5.41, 5.74) is 8.57. The number of nitrogens with two attached hydrogens (primary N) is 1. The van der Waals surface area contributed by atoms with E-state index in [4.69, 9.17) is 22.1 Å². The van der Waals surface area contributed by atoms with Gasteiger partial charge in [-0.15, -0.1) is 0 Å². The van der Waals surface area contributed by atoms with E-state index in [0.29, 0.717) is 38.9 Å². The molecule has 0 bridgehead atoms. The number of aromatic nitrogens is 2. The van der Waals surface area contributed by atoms with Crippen molar-refractivity contribution in [1.29, 1.82) is 0 Å². The van der Waals surface area contributed by atoms with Crippen LogP contribution in [-0.2, 0) is 21.4 Å². The number of nitrogen functional groups attached to an aromatic ring is 1. The molecular formula is C38H36ClF4N7O5. The van der Waals surface area contributed by atoms with Crippen LogP contribution >= 0.6 is 11.6 Å². The number of halogens is 5. The molecule has 3 heterocycles. The number of alkyl halides is 3. The summed E-state index contributed by atoms with van der Waals surface area (Å²) in [6, 6.07) is 10.3. The van der Waals surface area contributed by atoms with Crippen molar-refractivity contribution in [2.24, 2.45) is 7.05 Å². The van der Waals surface area contributed by atoms with Crippen molar-refractivity contribution in [1.82, 2.24) is 24.7 Å². The van der Waals surface area contributed by atoms with Gasteiger partial charge in [0.05, 0.1) is 38.8 Å². The highest BCUT2D eigenvalue weighted by Crippen LogP contribution is 2.44. The van der Waals surface area contributed by atoms with Crippen molar-refractivity contribution in [3.05, 3.63) is 77.2 Å². The average Bonchev–Trinajstić information content (AvgIpc) is 3.39. The van der Waals surface area contributed by atoms with E-state index >= 15 is 0 Å². The third-order valence-corrected chi connectivity index (χ3v) is 8.85. The van der Waals surface area contributed by atoms with E-state index in [2.05, 4.69) is 28.7 Å². The van der Waals surface area contributed by atoms with Crippen LogP contribution in [0, 0.1) is 11.8 Å². The minimum Gasteiger partial charge on any atom is -0.444 e. The second kappa shape index (κ2) is 15.3. The van der Waals surface area contributed by atoms with Gasteiger partial charge in [-0.05, 0) is 56.2 Å². The molecule has 1 aliphatic rings. The molecule has 1 saturated heterocycles. The standard InChI is InChI=1S/C38H36ClF4N7O5/c1-20(40)34(52)47-24-11-7-21(8-12-24)31-29(22-9-13-26(27(39)15-22)35(53)46-19-38(41,42)43)30-32(49(31)6)23(16-45-33(30)44)10-14-28(51)50-17-25(18-50)48(5)36(54)55-37(2,3)4/h7-9,11-13,15-16,25H,1,17-19H2,2-6H3,(H2,44,45)(H,46,53)(H,47,52). The van der Waals surface area contributed by atoms with Crippen LogP contribution in [0.3, 0.4) is 0 Å².